The van der Waals surface area contributed by atoms with E-state index >= 15 is 0 Å². The normalized spacial score (nSPS) is 10.2. The third-order valence-electron chi connectivity index (χ3n) is 3.56. The van der Waals surface area contributed by atoms with E-state index in [2.05, 4.69) is 0 Å². The van der Waals surface area contributed by atoms with Crippen LogP contribution in [-0.4, -0.2) is 35.6 Å². The van der Waals surface area contributed by atoms with Crippen LogP contribution in [-0.2, 0) is 9.59 Å². The number of anilines is 1. The number of hydrogen-bond donors (Lipinski definition) is 2. The molecule has 0 aromatic heterocycles. The Morgan fingerprint density at radius 3 is 2.04 bits per heavy atom. The van der Waals surface area contributed by atoms with Gasteiger partial charge in [-0.25, -0.2) is 4.90 Å². The number of hydrogen-bond acceptors (Lipinski definition) is 7. The largest absolute Gasteiger partial charge is 0.322 e. The van der Waals surface area contributed by atoms with Crippen LogP contribution in [0.5, 0.6) is 0 Å². The Bertz CT molecular complexity index is 851. The highest BCUT2D eigenvalue weighted by molar-refractivity contribution is 6.21. The highest BCUT2D eigenvalue weighted by atomic mass is 16.6. The van der Waals surface area contributed by atoms with Gasteiger partial charge in [-0.3, -0.25) is 24.5 Å². The number of nitrogens with two attached hydrogens (primary N) is 2. The molecular formula is C17H16N4O5. The monoisotopic (exact) mass is 356 g/mol. The summed E-state index contributed by atoms with van der Waals surface area (Å²) >= 11 is 0. The highest BCUT2D eigenvalue weighted by Gasteiger charge is 2.28. The van der Waals surface area contributed by atoms with Crippen LogP contribution < -0.4 is 16.4 Å². The molecule has 9 nitrogen and oxygen atoms in total. The van der Waals surface area contributed by atoms with E-state index in [9.17, 15) is 24.5 Å². The summed E-state index contributed by atoms with van der Waals surface area (Å²) in [4.78, 5) is 48.2. The number of non-ortho nitro benzene ring substituents is 1. The van der Waals surface area contributed by atoms with Gasteiger partial charge in [-0.1, -0.05) is 30.3 Å². The number of carbonyl (C=O) groups is 3. The van der Waals surface area contributed by atoms with E-state index in [0.717, 1.165) is 18.2 Å². The zero-order valence-electron chi connectivity index (χ0n) is 13.6. The first-order valence-corrected chi connectivity index (χ1v) is 7.54. The molecule has 0 saturated carbocycles. The minimum absolute atomic E-state index is 0.102. The fourth-order valence-electron chi connectivity index (χ4n) is 2.35. The molecule has 0 aliphatic carbocycles. The van der Waals surface area contributed by atoms with Crippen molar-refractivity contribution in [2.75, 3.05) is 18.0 Å². The summed E-state index contributed by atoms with van der Waals surface area (Å²) in [6, 6.07) is 11.3. The minimum atomic E-state index is -0.781. The summed E-state index contributed by atoms with van der Waals surface area (Å²) in [6.45, 7) is -0.997. The van der Waals surface area contributed by atoms with Crippen LogP contribution in [0.2, 0.25) is 0 Å². The summed E-state index contributed by atoms with van der Waals surface area (Å²) in [5.74, 6) is -2.14. The number of carbonyl (C=O) groups excluding carboxylic acids is 3. The number of rotatable bonds is 6. The molecule has 2 rings (SSSR count). The Morgan fingerprint density at radius 1 is 0.962 bits per heavy atom. The summed E-state index contributed by atoms with van der Waals surface area (Å²) < 4.78 is 0. The van der Waals surface area contributed by atoms with E-state index in [-0.39, 0.29) is 22.5 Å². The number of benzene rings is 2. The van der Waals surface area contributed by atoms with Gasteiger partial charge in [0.1, 0.15) is 0 Å². The van der Waals surface area contributed by atoms with Crippen LogP contribution in [0.25, 0.3) is 0 Å². The molecule has 2 aromatic carbocycles. The first-order chi connectivity index (χ1) is 12.4. The predicted octanol–water partition coefficient (Wildman–Crippen LogP) is 0.603. The van der Waals surface area contributed by atoms with E-state index < -0.39 is 35.6 Å². The van der Waals surface area contributed by atoms with E-state index in [4.69, 9.17) is 11.5 Å². The van der Waals surface area contributed by atoms with Crippen molar-refractivity contribution in [3.63, 3.8) is 0 Å². The van der Waals surface area contributed by atoms with E-state index in [1.165, 1.54) is 12.1 Å². The van der Waals surface area contributed by atoms with Crippen LogP contribution in [0.3, 0.4) is 0 Å². The maximum atomic E-state index is 12.8. The lowest BCUT2D eigenvalue weighted by molar-refractivity contribution is -0.384. The molecule has 0 radical (unpaired) electrons. The van der Waals surface area contributed by atoms with Gasteiger partial charge in [0.2, 0.25) is 11.8 Å². The van der Waals surface area contributed by atoms with Gasteiger partial charge in [-0.2, -0.15) is 0 Å². The molecular weight excluding hydrogens is 340 g/mol. The maximum Gasteiger partial charge on any atom is 0.270 e. The standard InChI is InChI=1S/C17H16N4O5/c18-9-15(22)20(16(23)10-19)14-7-6-12(21(25)26)8-13(14)17(24)11-4-2-1-3-5-11/h1-8H,9-10,18-19H2. The second-order valence-electron chi connectivity index (χ2n) is 5.18. The Morgan fingerprint density at radius 2 is 1.54 bits per heavy atom. The topological polar surface area (TPSA) is 150 Å². The second kappa shape index (κ2) is 8.10. The lowest BCUT2D eigenvalue weighted by atomic mass is 10.00. The first-order valence-electron chi connectivity index (χ1n) is 7.54. The highest BCUT2D eigenvalue weighted by Crippen LogP contribution is 2.28. The molecule has 2 amide bonds. The number of imide groups is 1. The molecule has 0 saturated heterocycles. The summed E-state index contributed by atoms with van der Waals surface area (Å²) in [7, 11) is 0. The fourth-order valence-corrected chi connectivity index (χ4v) is 2.35. The fraction of sp³-hybridized carbons (Fsp3) is 0.118. The van der Waals surface area contributed by atoms with E-state index in [1.54, 1.807) is 18.2 Å². The molecule has 0 bridgehead atoms. The molecule has 0 atom stereocenters. The van der Waals surface area contributed by atoms with Crippen molar-refractivity contribution in [2.45, 2.75) is 0 Å². The van der Waals surface area contributed by atoms with Crippen molar-refractivity contribution in [3.05, 3.63) is 69.8 Å². The van der Waals surface area contributed by atoms with Crippen molar-refractivity contribution in [2.24, 2.45) is 11.5 Å². The molecule has 0 aliphatic heterocycles. The molecule has 26 heavy (non-hydrogen) atoms. The van der Waals surface area contributed by atoms with Crippen LogP contribution in [0.4, 0.5) is 11.4 Å². The smallest absolute Gasteiger partial charge is 0.270 e. The minimum Gasteiger partial charge on any atom is -0.322 e. The van der Waals surface area contributed by atoms with E-state index in [1.807, 2.05) is 0 Å². The number of nitrogens with zero attached hydrogens (tertiary/aromatic N) is 2. The van der Waals surface area contributed by atoms with Crippen molar-refractivity contribution < 1.29 is 19.3 Å². The molecule has 2 aromatic rings. The van der Waals surface area contributed by atoms with Gasteiger partial charge >= 0.3 is 0 Å². The van der Waals surface area contributed by atoms with Crippen LogP contribution in [0.1, 0.15) is 15.9 Å². The number of amides is 2. The molecule has 9 heteroatoms. The van der Waals surface area contributed by atoms with Crippen molar-refractivity contribution >= 4 is 29.0 Å². The second-order valence-corrected chi connectivity index (χ2v) is 5.18. The molecule has 134 valence electrons. The van der Waals surface area contributed by atoms with Gasteiger partial charge in [0.15, 0.2) is 5.78 Å². The van der Waals surface area contributed by atoms with Gasteiger partial charge in [-0.15, -0.1) is 0 Å². The quantitative estimate of drug-likeness (QED) is 0.437. The van der Waals surface area contributed by atoms with Gasteiger partial charge in [-0.05, 0) is 6.07 Å². The predicted molar refractivity (Wildman–Crippen MR) is 93.6 cm³/mol. The zero-order chi connectivity index (χ0) is 19.3. The van der Waals surface area contributed by atoms with Gasteiger partial charge in [0.05, 0.1) is 29.3 Å². The summed E-state index contributed by atoms with van der Waals surface area (Å²) in [5, 5.41) is 11.1. The van der Waals surface area contributed by atoms with Crippen molar-refractivity contribution in [1.82, 2.24) is 0 Å². The molecule has 0 heterocycles. The van der Waals surface area contributed by atoms with Gasteiger partial charge < -0.3 is 11.5 Å². The first kappa shape index (κ1) is 18.9. The van der Waals surface area contributed by atoms with Crippen molar-refractivity contribution in [1.29, 1.82) is 0 Å². The van der Waals surface area contributed by atoms with Crippen molar-refractivity contribution in [3.8, 4) is 0 Å². The Balaban J connectivity index is 2.68. The Hall–Kier alpha value is -3.43. The average Bonchev–Trinajstić information content (AvgIpc) is 2.67. The number of ketones is 1. The van der Waals surface area contributed by atoms with Crippen LogP contribution in [0.15, 0.2) is 48.5 Å². The van der Waals surface area contributed by atoms with E-state index in [0.29, 0.717) is 4.90 Å². The number of nitro benzene ring substituents is 1. The SMILES string of the molecule is NCC(=O)N(C(=O)CN)c1ccc([N+](=O)[O-])cc1C(=O)c1ccccc1. The Labute approximate surface area is 148 Å². The molecule has 4 N–H and O–H groups in total. The lowest BCUT2D eigenvalue weighted by Crippen LogP contribution is -2.44. The summed E-state index contributed by atoms with van der Waals surface area (Å²) in [6.07, 6.45) is 0. The average molecular weight is 356 g/mol. The lowest BCUT2D eigenvalue weighted by Gasteiger charge is -2.22. The molecule has 0 fully saturated rings. The third kappa shape index (κ3) is 3.79. The van der Waals surface area contributed by atoms with Crippen LogP contribution in [0, 0.1) is 10.1 Å². The Kier molecular flexibility index (Phi) is 5.89. The third-order valence-corrected chi connectivity index (χ3v) is 3.56. The molecule has 0 unspecified atom stereocenters. The zero-order valence-corrected chi connectivity index (χ0v) is 13.6. The molecule has 0 aliphatic rings. The molecule has 0 spiro atoms. The maximum absolute atomic E-state index is 12.8. The van der Waals surface area contributed by atoms with Gasteiger partial charge in [0.25, 0.3) is 5.69 Å². The van der Waals surface area contributed by atoms with Crippen LogP contribution >= 0.6 is 0 Å². The van der Waals surface area contributed by atoms with Gasteiger partial charge in [0, 0.05) is 17.7 Å². The summed E-state index contributed by atoms with van der Waals surface area (Å²) in [5.41, 5.74) is 10.3. The number of nitro groups is 1.